The second kappa shape index (κ2) is 6.37. The van der Waals surface area contributed by atoms with Crippen LogP contribution in [-0.2, 0) is 0 Å². The third-order valence-electron chi connectivity index (χ3n) is 3.83. The largest absolute Gasteiger partial charge is 0.364 e. The lowest BCUT2D eigenvalue weighted by atomic mass is 9.89. The number of anilines is 1. The molecule has 0 aromatic carbocycles. The highest BCUT2D eigenvalue weighted by molar-refractivity contribution is 6.30. The summed E-state index contributed by atoms with van der Waals surface area (Å²) in [4.78, 5) is 8.47. The van der Waals surface area contributed by atoms with Crippen LogP contribution in [0.2, 0.25) is 5.15 Å². The zero-order chi connectivity index (χ0) is 13.8. The van der Waals surface area contributed by atoms with Gasteiger partial charge in [0.25, 0.3) is 0 Å². The standard InChI is InChI=1S/C14H24ClN3/c1-6-14(7-2,8-3)18-13-11(10(4)5)12(15)16-9-17-13/h9-10H,6-8H2,1-5H3,(H,16,17,18). The molecular weight excluding hydrogens is 246 g/mol. The van der Waals surface area contributed by atoms with Gasteiger partial charge in [0.2, 0.25) is 0 Å². The molecule has 0 bridgehead atoms. The molecule has 1 N–H and O–H groups in total. The van der Waals surface area contributed by atoms with Gasteiger partial charge in [-0.3, -0.25) is 0 Å². The summed E-state index contributed by atoms with van der Waals surface area (Å²) in [6, 6.07) is 0. The molecule has 102 valence electrons. The number of hydrogen-bond acceptors (Lipinski definition) is 3. The Morgan fingerprint density at radius 3 is 2.17 bits per heavy atom. The second-order valence-corrected chi connectivity index (χ2v) is 5.41. The van der Waals surface area contributed by atoms with E-state index in [0.29, 0.717) is 11.1 Å². The summed E-state index contributed by atoms with van der Waals surface area (Å²) < 4.78 is 0. The minimum absolute atomic E-state index is 0.0985. The molecule has 1 heterocycles. The van der Waals surface area contributed by atoms with Gasteiger partial charge in [0.15, 0.2) is 0 Å². The van der Waals surface area contributed by atoms with Crippen molar-refractivity contribution in [3.63, 3.8) is 0 Å². The van der Waals surface area contributed by atoms with E-state index in [2.05, 4.69) is 49.9 Å². The topological polar surface area (TPSA) is 37.8 Å². The summed E-state index contributed by atoms with van der Waals surface area (Å²) in [5.41, 5.74) is 1.11. The van der Waals surface area contributed by atoms with E-state index in [1.807, 2.05) is 0 Å². The lowest BCUT2D eigenvalue weighted by molar-refractivity contribution is 0.418. The molecule has 3 nitrogen and oxygen atoms in total. The van der Waals surface area contributed by atoms with Crippen LogP contribution in [0.3, 0.4) is 0 Å². The molecule has 0 atom stereocenters. The lowest BCUT2D eigenvalue weighted by Crippen LogP contribution is -2.37. The molecule has 0 saturated carbocycles. The predicted molar refractivity (Wildman–Crippen MR) is 78.4 cm³/mol. The number of halogens is 1. The second-order valence-electron chi connectivity index (χ2n) is 5.05. The first kappa shape index (κ1) is 15.2. The number of rotatable bonds is 6. The zero-order valence-electron chi connectivity index (χ0n) is 12.0. The average Bonchev–Trinajstić information content (AvgIpc) is 2.35. The summed E-state index contributed by atoms with van der Waals surface area (Å²) in [5.74, 6) is 1.19. The lowest BCUT2D eigenvalue weighted by Gasteiger charge is -2.33. The van der Waals surface area contributed by atoms with Crippen molar-refractivity contribution in [1.29, 1.82) is 0 Å². The molecule has 0 aliphatic heterocycles. The minimum Gasteiger partial charge on any atom is -0.364 e. The Morgan fingerprint density at radius 1 is 1.17 bits per heavy atom. The zero-order valence-corrected chi connectivity index (χ0v) is 12.8. The maximum Gasteiger partial charge on any atom is 0.138 e. The van der Waals surface area contributed by atoms with Crippen LogP contribution in [0, 0.1) is 0 Å². The van der Waals surface area contributed by atoms with Crippen LogP contribution in [-0.4, -0.2) is 15.5 Å². The predicted octanol–water partition coefficient (Wildman–Crippen LogP) is 4.63. The van der Waals surface area contributed by atoms with E-state index in [4.69, 9.17) is 11.6 Å². The molecule has 1 aromatic rings. The van der Waals surface area contributed by atoms with Crippen molar-refractivity contribution >= 4 is 17.4 Å². The Hall–Kier alpha value is -0.830. The average molecular weight is 270 g/mol. The van der Waals surface area contributed by atoms with Gasteiger partial charge in [-0.05, 0) is 25.2 Å². The fourth-order valence-electron chi connectivity index (χ4n) is 2.25. The maximum absolute atomic E-state index is 6.19. The molecule has 4 heteroatoms. The van der Waals surface area contributed by atoms with Crippen LogP contribution < -0.4 is 5.32 Å². The molecule has 1 rings (SSSR count). The van der Waals surface area contributed by atoms with E-state index in [1.165, 1.54) is 6.33 Å². The molecule has 0 fully saturated rings. The van der Waals surface area contributed by atoms with Crippen molar-refractivity contribution in [3.05, 3.63) is 17.0 Å². The summed E-state index contributed by atoms with van der Waals surface area (Å²) in [6.07, 6.45) is 4.74. The number of hydrogen-bond donors (Lipinski definition) is 1. The van der Waals surface area contributed by atoms with Gasteiger partial charge in [0, 0.05) is 11.1 Å². The summed E-state index contributed by atoms with van der Waals surface area (Å²) in [5, 5.41) is 4.15. The van der Waals surface area contributed by atoms with E-state index >= 15 is 0 Å². The Kier molecular flexibility index (Phi) is 5.39. The highest BCUT2D eigenvalue weighted by Gasteiger charge is 2.26. The third-order valence-corrected chi connectivity index (χ3v) is 4.13. The minimum atomic E-state index is 0.0985. The Bertz CT molecular complexity index is 378. The fraction of sp³-hybridized carbons (Fsp3) is 0.714. The van der Waals surface area contributed by atoms with Gasteiger partial charge in [-0.25, -0.2) is 9.97 Å². The van der Waals surface area contributed by atoms with E-state index in [-0.39, 0.29) is 5.54 Å². The van der Waals surface area contributed by atoms with Crippen molar-refractivity contribution < 1.29 is 0 Å². The first-order chi connectivity index (χ1) is 8.49. The van der Waals surface area contributed by atoms with Gasteiger partial charge in [0.05, 0.1) is 0 Å². The normalized spacial score (nSPS) is 11.9. The van der Waals surface area contributed by atoms with Crippen molar-refractivity contribution in [2.75, 3.05) is 5.32 Å². The van der Waals surface area contributed by atoms with Gasteiger partial charge < -0.3 is 5.32 Å². The van der Waals surface area contributed by atoms with E-state index in [0.717, 1.165) is 30.6 Å². The molecule has 0 saturated heterocycles. The van der Waals surface area contributed by atoms with Crippen LogP contribution in [0.4, 0.5) is 5.82 Å². The molecule has 1 aromatic heterocycles. The van der Waals surface area contributed by atoms with Crippen molar-refractivity contribution in [3.8, 4) is 0 Å². The Morgan fingerprint density at radius 2 is 1.72 bits per heavy atom. The van der Waals surface area contributed by atoms with Crippen molar-refractivity contribution in [1.82, 2.24) is 9.97 Å². The molecule has 0 aliphatic carbocycles. The van der Waals surface area contributed by atoms with E-state index in [9.17, 15) is 0 Å². The highest BCUT2D eigenvalue weighted by atomic mass is 35.5. The fourth-order valence-corrected chi connectivity index (χ4v) is 2.60. The van der Waals surface area contributed by atoms with Crippen LogP contribution in [0.25, 0.3) is 0 Å². The quantitative estimate of drug-likeness (QED) is 0.765. The van der Waals surface area contributed by atoms with Crippen LogP contribution >= 0.6 is 11.6 Å². The molecule has 0 unspecified atom stereocenters. The first-order valence-electron chi connectivity index (χ1n) is 6.78. The van der Waals surface area contributed by atoms with Crippen LogP contribution in [0.5, 0.6) is 0 Å². The van der Waals surface area contributed by atoms with Crippen LogP contribution in [0.1, 0.15) is 65.4 Å². The molecule has 0 amide bonds. The van der Waals surface area contributed by atoms with Gasteiger partial charge in [-0.2, -0.15) is 0 Å². The monoisotopic (exact) mass is 269 g/mol. The summed E-state index contributed by atoms with van der Waals surface area (Å²) in [7, 11) is 0. The van der Waals surface area contributed by atoms with E-state index < -0.39 is 0 Å². The van der Waals surface area contributed by atoms with Gasteiger partial charge in [-0.15, -0.1) is 0 Å². The molecule has 0 spiro atoms. The van der Waals surface area contributed by atoms with E-state index in [1.54, 1.807) is 0 Å². The molecule has 0 aliphatic rings. The SMILES string of the molecule is CCC(CC)(CC)Nc1ncnc(Cl)c1C(C)C. The number of nitrogens with one attached hydrogen (secondary N) is 1. The van der Waals surface area contributed by atoms with Crippen molar-refractivity contribution in [2.45, 2.75) is 65.3 Å². The van der Waals surface area contributed by atoms with Gasteiger partial charge in [-0.1, -0.05) is 46.2 Å². The first-order valence-corrected chi connectivity index (χ1v) is 7.16. The van der Waals surface area contributed by atoms with Crippen LogP contribution in [0.15, 0.2) is 6.33 Å². The van der Waals surface area contributed by atoms with Gasteiger partial charge >= 0.3 is 0 Å². The summed E-state index contributed by atoms with van der Waals surface area (Å²) in [6.45, 7) is 10.8. The molecule has 18 heavy (non-hydrogen) atoms. The number of aromatic nitrogens is 2. The Balaban J connectivity index is 3.14. The number of nitrogens with zero attached hydrogens (tertiary/aromatic N) is 2. The third kappa shape index (κ3) is 3.14. The Labute approximate surface area is 115 Å². The highest BCUT2D eigenvalue weighted by Crippen LogP contribution is 2.32. The smallest absolute Gasteiger partial charge is 0.138 e. The molecular formula is C14H24ClN3. The maximum atomic E-state index is 6.19. The van der Waals surface area contributed by atoms with Gasteiger partial charge in [0.1, 0.15) is 17.3 Å². The molecule has 0 radical (unpaired) electrons. The summed E-state index contributed by atoms with van der Waals surface area (Å²) >= 11 is 6.19. The van der Waals surface area contributed by atoms with Crippen molar-refractivity contribution in [2.24, 2.45) is 0 Å².